The van der Waals surface area contributed by atoms with Gasteiger partial charge in [0.1, 0.15) is 0 Å². The molecule has 0 aliphatic rings. The van der Waals surface area contributed by atoms with Crippen LogP contribution in [0.25, 0.3) is 33.3 Å². The Morgan fingerprint density at radius 1 is 0.763 bits per heavy atom. The van der Waals surface area contributed by atoms with Crippen molar-refractivity contribution >= 4 is 16.7 Å². The molecule has 38 heavy (non-hydrogen) atoms. The fourth-order valence-electron chi connectivity index (χ4n) is 4.55. The molecular weight excluding hydrogens is 468 g/mol. The topological polar surface area (TPSA) is 63.1 Å². The summed E-state index contributed by atoms with van der Waals surface area (Å²) < 4.78 is 0. The van der Waals surface area contributed by atoms with Gasteiger partial charge in [-0.15, -0.1) is 0 Å². The number of aliphatic hydroxyl groups excluding tert-OH is 1. The van der Waals surface area contributed by atoms with E-state index in [2.05, 4.69) is 81.2 Å². The summed E-state index contributed by atoms with van der Waals surface area (Å²) in [6.45, 7) is 10.3. The van der Waals surface area contributed by atoms with E-state index in [1.165, 1.54) is 48.8 Å². The zero-order valence-electron chi connectivity index (χ0n) is 24.1. The first kappa shape index (κ1) is 30.9. The van der Waals surface area contributed by atoms with E-state index in [1.807, 2.05) is 6.07 Å². The van der Waals surface area contributed by atoms with Gasteiger partial charge < -0.3 is 5.11 Å². The molecule has 0 aliphatic carbocycles. The number of rotatable bonds is 9. The summed E-state index contributed by atoms with van der Waals surface area (Å²) in [5, 5.41) is 7.83. The number of carbonyl (C=O) groups excluding carboxylic acids is 1. The SMILES string of the molecule is CCCCC.CCCCc1ccc(-c2ccc(-c3nc4ccncc4c(C(C)=O)c3CC)cc2)cc1.CO. The number of fused-ring (bicyclic) bond motifs is 1. The van der Waals surface area contributed by atoms with Crippen LogP contribution in [0, 0.1) is 0 Å². The first-order chi connectivity index (χ1) is 18.5. The van der Waals surface area contributed by atoms with Crippen LogP contribution < -0.4 is 0 Å². The molecule has 0 radical (unpaired) electrons. The van der Waals surface area contributed by atoms with Crippen LogP contribution in [-0.4, -0.2) is 28.0 Å². The molecule has 2 aromatic carbocycles. The Balaban J connectivity index is 0.000000651. The summed E-state index contributed by atoms with van der Waals surface area (Å²) in [5.41, 5.74) is 8.23. The number of pyridine rings is 2. The van der Waals surface area contributed by atoms with Crippen LogP contribution in [0.15, 0.2) is 67.0 Å². The zero-order valence-corrected chi connectivity index (χ0v) is 24.1. The number of aromatic nitrogens is 2. The van der Waals surface area contributed by atoms with Crippen molar-refractivity contribution in [2.45, 2.75) is 79.6 Å². The highest BCUT2D eigenvalue weighted by molar-refractivity contribution is 6.08. The summed E-state index contributed by atoms with van der Waals surface area (Å²) in [6, 6.07) is 19.2. The van der Waals surface area contributed by atoms with Gasteiger partial charge in [-0.05, 0) is 54.5 Å². The lowest BCUT2D eigenvalue weighted by Gasteiger charge is -2.15. The Morgan fingerprint density at radius 2 is 1.32 bits per heavy atom. The first-order valence-electron chi connectivity index (χ1n) is 14.0. The Morgan fingerprint density at radius 3 is 1.82 bits per heavy atom. The molecule has 0 amide bonds. The van der Waals surface area contributed by atoms with Crippen molar-refractivity contribution in [1.29, 1.82) is 0 Å². The van der Waals surface area contributed by atoms with Crippen molar-refractivity contribution in [3.63, 3.8) is 0 Å². The van der Waals surface area contributed by atoms with Crippen LogP contribution in [0.3, 0.4) is 0 Å². The van der Waals surface area contributed by atoms with Crippen LogP contribution >= 0.6 is 0 Å². The predicted molar refractivity (Wildman–Crippen MR) is 162 cm³/mol. The van der Waals surface area contributed by atoms with Crippen molar-refractivity contribution in [3.05, 3.63) is 83.7 Å². The largest absolute Gasteiger partial charge is 0.400 e. The van der Waals surface area contributed by atoms with Gasteiger partial charge in [0.05, 0.1) is 11.2 Å². The second-order valence-electron chi connectivity index (χ2n) is 9.35. The number of ketones is 1. The molecule has 0 aliphatic heterocycles. The number of unbranched alkanes of at least 4 members (excludes halogenated alkanes) is 3. The van der Waals surface area contributed by atoms with E-state index in [-0.39, 0.29) is 5.78 Å². The summed E-state index contributed by atoms with van der Waals surface area (Å²) >= 11 is 0. The van der Waals surface area contributed by atoms with E-state index in [9.17, 15) is 4.79 Å². The molecule has 2 aromatic heterocycles. The van der Waals surface area contributed by atoms with Gasteiger partial charge in [-0.1, -0.05) is 102 Å². The van der Waals surface area contributed by atoms with Crippen molar-refractivity contribution in [1.82, 2.24) is 9.97 Å². The lowest BCUT2D eigenvalue weighted by molar-refractivity contribution is 0.101. The summed E-state index contributed by atoms with van der Waals surface area (Å²) in [5.74, 6) is 0.0540. The maximum Gasteiger partial charge on any atom is 0.160 e. The maximum absolute atomic E-state index is 12.5. The lowest BCUT2D eigenvalue weighted by atomic mass is 9.93. The first-order valence-corrected chi connectivity index (χ1v) is 14.0. The molecule has 0 saturated carbocycles. The van der Waals surface area contributed by atoms with E-state index in [0.29, 0.717) is 0 Å². The van der Waals surface area contributed by atoms with Crippen molar-refractivity contribution in [2.75, 3.05) is 7.11 Å². The van der Waals surface area contributed by atoms with Gasteiger partial charge in [0, 0.05) is 36.0 Å². The molecule has 1 N–H and O–H groups in total. The highest BCUT2D eigenvalue weighted by atomic mass is 16.2. The molecule has 0 bridgehead atoms. The Bertz CT molecular complexity index is 1260. The molecular formula is C34H44N2O2. The number of hydrogen-bond donors (Lipinski definition) is 1. The number of benzene rings is 2. The smallest absolute Gasteiger partial charge is 0.160 e. The van der Waals surface area contributed by atoms with Crippen molar-refractivity contribution in [2.24, 2.45) is 0 Å². The monoisotopic (exact) mass is 512 g/mol. The summed E-state index contributed by atoms with van der Waals surface area (Å²) in [4.78, 5) is 21.6. The van der Waals surface area contributed by atoms with Crippen LogP contribution in [-0.2, 0) is 12.8 Å². The normalized spacial score (nSPS) is 10.3. The number of Topliss-reactive ketones (excluding diaryl/α,β-unsaturated/α-hetero) is 1. The van der Waals surface area contributed by atoms with Crippen molar-refractivity contribution in [3.8, 4) is 22.4 Å². The lowest BCUT2D eigenvalue weighted by Crippen LogP contribution is -2.05. The molecule has 0 atom stereocenters. The number of hydrogen-bond acceptors (Lipinski definition) is 4. The van der Waals surface area contributed by atoms with E-state index in [0.717, 1.165) is 53.2 Å². The minimum absolute atomic E-state index is 0.0540. The number of carbonyl (C=O) groups is 1. The highest BCUT2D eigenvalue weighted by Crippen LogP contribution is 2.32. The van der Waals surface area contributed by atoms with Crippen molar-refractivity contribution < 1.29 is 9.90 Å². The molecule has 2 heterocycles. The minimum Gasteiger partial charge on any atom is -0.400 e. The number of nitrogens with zero attached hydrogens (tertiary/aromatic N) is 2. The van der Waals surface area contributed by atoms with Crippen LogP contribution in [0.1, 0.15) is 88.2 Å². The third-order valence-corrected chi connectivity index (χ3v) is 6.56. The molecule has 4 aromatic rings. The van der Waals surface area contributed by atoms with Gasteiger partial charge in [0.2, 0.25) is 0 Å². The van der Waals surface area contributed by atoms with Crippen LogP contribution in [0.5, 0.6) is 0 Å². The van der Waals surface area contributed by atoms with Crippen LogP contribution in [0.2, 0.25) is 0 Å². The van der Waals surface area contributed by atoms with Gasteiger partial charge >= 0.3 is 0 Å². The fourth-order valence-corrected chi connectivity index (χ4v) is 4.55. The number of aryl methyl sites for hydroxylation is 1. The van der Waals surface area contributed by atoms with Gasteiger partial charge in [0.25, 0.3) is 0 Å². The summed E-state index contributed by atoms with van der Waals surface area (Å²) in [6.07, 6.45) is 11.9. The van der Waals surface area contributed by atoms with E-state index in [4.69, 9.17) is 10.1 Å². The Kier molecular flexibility index (Phi) is 13.4. The second-order valence-corrected chi connectivity index (χ2v) is 9.35. The maximum atomic E-state index is 12.5. The van der Waals surface area contributed by atoms with Gasteiger partial charge in [-0.2, -0.15) is 0 Å². The fraction of sp³-hybridized carbons (Fsp3) is 0.382. The molecule has 0 spiro atoms. The average molecular weight is 513 g/mol. The van der Waals surface area contributed by atoms with Crippen LogP contribution in [0.4, 0.5) is 0 Å². The molecule has 4 nitrogen and oxygen atoms in total. The van der Waals surface area contributed by atoms with Gasteiger partial charge in [-0.3, -0.25) is 9.78 Å². The molecule has 0 unspecified atom stereocenters. The quantitative estimate of drug-likeness (QED) is 0.227. The molecule has 0 saturated heterocycles. The van der Waals surface area contributed by atoms with E-state index >= 15 is 0 Å². The minimum atomic E-state index is 0.0540. The number of aliphatic hydroxyl groups is 1. The third-order valence-electron chi connectivity index (χ3n) is 6.56. The average Bonchev–Trinajstić information content (AvgIpc) is 2.97. The molecule has 202 valence electrons. The highest BCUT2D eigenvalue weighted by Gasteiger charge is 2.18. The second kappa shape index (κ2) is 16.5. The predicted octanol–water partition coefficient (Wildman–Crippen LogP) is 8.88. The van der Waals surface area contributed by atoms with E-state index < -0.39 is 0 Å². The Hall–Kier alpha value is -3.37. The zero-order chi connectivity index (χ0) is 27.9. The third kappa shape index (κ3) is 8.06. The standard InChI is InChI=1S/C28H28N2O.C5H12.CH4O/c1-4-6-7-20-8-10-21(11-9-20)22-12-14-23(15-13-22)28-24(5-2)27(19(3)31)25-18-29-17-16-26(25)30-28;1-3-5-4-2;1-2/h8-18H,4-7H2,1-3H3;3-5H2,1-2H3;2H,1H3. The molecule has 4 heteroatoms. The summed E-state index contributed by atoms with van der Waals surface area (Å²) in [7, 11) is 1.00. The van der Waals surface area contributed by atoms with Gasteiger partial charge in [0.15, 0.2) is 5.78 Å². The van der Waals surface area contributed by atoms with E-state index in [1.54, 1.807) is 19.3 Å². The molecule has 0 fully saturated rings. The molecule has 4 rings (SSSR count). The van der Waals surface area contributed by atoms with Gasteiger partial charge in [-0.25, -0.2) is 4.98 Å². The Labute approximate surface area is 229 Å².